The summed E-state index contributed by atoms with van der Waals surface area (Å²) >= 11 is 0. The molecule has 1 N–H and O–H groups in total. The fraction of sp³-hybridized carbons (Fsp3) is 0.263. The fourth-order valence-corrected chi connectivity index (χ4v) is 2.43. The summed E-state index contributed by atoms with van der Waals surface area (Å²) in [6, 6.07) is 10.3. The molecule has 3 rings (SSSR count). The summed E-state index contributed by atoms with van der Waals surface area (Å²) < 4.78 is 10.7. The van der Waals surface area contributed by atoms with Gasteiger partial charge in [-0.05, 0) is 42.0 Å². The van der Waals surface area contributed by atoms with Crippen LogP contribution in [0.5, 0.6) is 5.75 Å². The standard InChI is InChI=1S/C19H20N4O4/c24-18(23-9-11-26-12-10-23)14-27-17-3-1-15(2-4-17)13-21-22-19(25)16-5-7-20-8-6-16/h1-8,13H,9-12,14H2,(H,22,25)/b21-13-. The molecule has 0 radical (unpaired) electrons. The molecule has 1 aromatic carbocycles. The van der Waals surface area contributed by atoms with Gasteiger partial charge in [-0.25, -0.2) is 5.43 Å². The van der Waals surface area contributed by atoms with Crippen molar-refractivity contribution in [2.24, 2.45) is 5.10 Å². The maximum absolute atomic E-state index is 12.0. The van der Waals surface area contributed by atoms with Crippen molar-refractivity contribution in [2.75, 3.05) is 32.9 Å². The summed E-state index contributed by atoms with van der Waals surface area (Å²) in [4.78, 5) is 29.5. The Bertz CT molecular complexity index is 787. The average molecular weight is 368 g/mol. The normalized spacial score (nSPS) is 14.1. The highest BCUT2D eigenvalue weighted by Crippen LogP contribution is 2.11. The van der Waals surface area contributed by atoms with E-state index in [-0.39, 0.29) is 18.4 Å². The van der Waals surface area contributed by atoms with E-state index in [4.69, 9.17) is 9.47 Å². The second-order valence-corrected chi connectivity index (χ2v) is 5.79. The lowest BCUT2D eigenvalue weighted by atomic mass is 10.2. The molecule has 0 saturated carbocycles. The van der Waals surface area contributed by atoms with E-state index in [1.165, 1.54) is 6.21 Å². The molecule has 1 aliphatic rings. The molecule has 0 spiro atoms. The topological polar surface area (TPSA) is 93.1 Å². The Kier molecular flexibility index (Phi) is 6.48. The molecule has 27 heavy (non-hydrogen) atoms. The zero-order valence-electron chi connectivity index (χ0n) is 14.7. The minimum atomic E-state index is -0.310. The summed E-state index contributed by atoms with van der Waals surface area (Å²) in [5, 5.41) is 3.92. The minimum Gasteiger partial charge on any atom is -0.484 e. The average Bonchev–Trinajstić information content (AvgIpc) is 2.74. The van der Waals surface area contributed by atoms with E-state index in [1.54, 1.807) is 53.7 Å². The first-order valence-electron chi connectivity index (χ1n) is 8.54. The number of benzene rings is 1. The van der Waals surface area contributed by atoms with Gasteiger partial charge in [-0.15, -0.1) is 0 Å². The molecule has 140 valence electrons. The molecule has 1 aliphatic heterocycles. The van der Waals surface area contributed by atoms with Crippen molar-refractivity contribution >= 4 is 18.0 Å². The van der Waals surface area contributed by atoms with Crippen LogP contribution >= 0.6 is 0 Å². The third-order valence-corrected chi connectivity index (χ3v) is 3.93. The summed E-state index contributed by atoms with van der Waals surface area (Å²) in [5.74, 6) is 0.229. The fourth-order valence-electron chi connectivity index (χ4n) is 2.43. The van der Waals surface area contributed by atoms with Crippen molar-refractivity contribution in [3.8, 4) is 5.75 Å². The first kappa shape index (κ1) is 18.5. The van der Waals surface area contributed by atoms with Gasteiger partial charge in [-0.2, -0.15) is 5.10 Å². The number of ether oxygens (including phenoxy) is 2. The molecule has 2 aromatic rings. The van der Waals surface area contributed by atoms with Crippen molar-refractivity contribution in [3.63, 3.8) is 0 Å². The van der Waals surface area contributed by atoms with E-state index in [2.05, 4.69) is 15.5 Å². The Labute approximate surface area is 156 Å². The highest BCUT2D eigenvalue weighted by Gasteiger charge is 2.16. The number of morpholine rings is 1. The number of nitrogens with one attached hydrogen (secondary N) is 1. The van der Waals surface area contributed by atoms with E-state index in [0.717, 1.165) is 5.56 Å². The van der Waals surface area contributed by atoms with E-state index in [1.807, 2.05) is 0 Å². The Morgan fingerprint density at radius 3 is 2.56 bits per heavy atom. The molecule has 2 amide bonds. The molecule has 2 heterocycles. The van der Waals surface area contributed by atoms with E-state index >= 15 is 0 Å². The minimum absolute atomic E-state index is 0.00454. The number of hydrogen-bond acceptors (Lipinski definition) is 6. The van der Waals surface area contributed by atoms with Crippen LogP contribution in [0.2, 0.25) is 0 Å². The van der Waals surface area contributed by atoms with Crippen LogP contribution in [0.4, 0.5) is 0 Å². The lowest BCUT2D eigenvalue weighted by Gasteiger charge is -2.26. The molecule has 0 atom stereocenters. The summed E-state index contributed by atoms with van der Waals surface area (Å²) in [5.41, 5.74) is 3.72. The summed E-state index contributed by atoms with van der Waals surface area (Å²) in [6.45, 7) is 2.33. The number of nitrogens with zero attached hydrogens (tertiary/aromatic N) is 3. The molecule has 1 fully saturated rings. The third kappa shape index (κ3) is 5.61. The summed E-state index contributed by atoms with van der Waals surface area (Å²) in [6.07, 6.45) is 4.62. The molecule has 1 saturated heterocycles. The van der Waals surface area contributed by atoms with Gasteiger partial charge in [0, 0.05) is 31.0 Å². The Hall–Kier alpha value is -3.26. The number of amides is 2. The van der Waals surface area contributed by atoms with Crippen LogP contribution in [0.25, 0.3) is 0 Å². The molecular weight excluding hydrogens is 348 g/mol. The van der Waals surface area contributed by atoms with Crippen LogP contribution in [0.3, 0.4) is 0 Å². The first-order valence-corrected chi connectivity index (χ1v) is 8.54. The van der Waals surface area contributed by atoms with Gasteiger partial charge in [0.2, 0.25) is 0 Å². The van der Waals surface area contributed by atoms with Crippen molar-refractivity contribution in [3.05, 3.63) is 59.9 Å². The number of hydrazone groups is 1. The molecule has 8 nitrogen and oxygen atoms in total. The van der Waals surface area contributed by atoms with Crippen molar-refractivity contribution in [1.29, 1.82) is 0 Å². The van der Waals surface area contributed by atoms with Crippen LogP contribution in [-0.4, -0.2) is 60.8 Å². The smallest absolute Gasteiger partial charge is 0.271 e. The predicted octanol–water partition coefficient (Wildman–Crippen LogP) is 1.08. The molecule has 8 heteroatoms. The van der Waals surface area contributed by atoms with Crippen LogP contribution in [0.1, 0.15) is 15.9 Å². The highest BCUT2D eigenvalue weighted by molar-refractivity contribution is 5.94. The Morgan fingerprint density at radius 2 is 1.85 bits per heavy atom. The third-order valence-electron chi connectivity index (χ3n) is 3.93. The van der Waals surface area contributed by atoms with Gasteiger partial charge in [0.25, 0.3) is 11.8 Å². The number of carbonyl (C=O) groups excluding carboxylic acids is 2. The van der Waals surface area contributed by atoms with Gasteiger partial charge < -0.3 is 14.4 Å². The molecule has 0 aliphatic carbocycles. The predicted molar refractivity (Wildman–Crippen MR) is 98.6 cm³/mol. The lowest BCUT2D eigenvalue weighted by molar-refractivity contribution is -0.137. The second-order valence-electron chi connectivity index (χ2n) is 5.79. The number of rotatable bonds is 6. The van der Waals surface area contributed by atoms with Gasteiger partial charge in [-0.3, -0.25) is 14.6 Å². The van der Waals surface area contributed by atoms with Gasteiger partial charge in [0.15, 0.2) is 6.61 Å². The molecule has 0 unspecified atom stereocenters. The Morgan fingerprint density at radius 1 is 1.15 bits per heavy atom. The SMILES string of the molecule is O=C(N/N=C\c1ccc(OCC(=O)N2CCOCC2)cc1)c1ccncc1. The van der Waals surface area contributed by atoms with Gasteiger partial charge in [-0.1, -0.05) is 0 Å². The number of pyridine rings is 1. The van der Waals surface area contributed by atoms with Crippen LogP contribution in [-0.2, 0) is 9.53 Å². The first-order chi connectivity index (χ1) is 13.2. The van der Waals surface area contributed by atoms with E-state index in [9.17, 15) is 9.59 Å². The Balaban J connectivity index is 1.45. The van der Waals surface area contributed by atoms with Crippen molar-refractivity contribution < 1.29 is 19.1 Å². The van der Waals surface area contributed by atoms with Crippen molar-refractivity contribution in [1.82, 2.24) is 15.3 Å². The second kappa shape index (κ2) is 9.44. The highest BCUT2D eigenvalue weighted by atomic mass is 16.5. The zero-order valence-corrected chi connectivity index (χ0v) is 14.7. The van der Waals surface area contributed by atoms with Gasteiger partial charge >= 0.3 is 0 Å². The quantitative estimate of drug-likeness (QED) is 0.608. The number of carbonyl (C=O) groups is 2. The van der Waals surface area contributed by atoms with Gasteiger partial charge in [0.05, 0.1) is 19.4 Å². The lowest BCUT2D eigenvalue weighted by Crippen LogP contribution is -2.42. The van der Waals surface area contributed by atoms with Crippen LogP contribution in [0.15, 0.2) is 53.9 Å². The zero-order chi connectivity index (χ0) is 18.9. The maximum Gasteiger partial charge on any atom is 0.271 e. The monoisotopic (exact) mass is 368 g/mol. The molecular formula is C19H20N4O4. The van der Waals surface area contributed by atoms with Crippen LogP contribution in [0, 0.1) is 0 Å². The van der Waals surface area contributed by atoms with Crippen molar-refractivity contribution in [2.45, 2.75) is 0 Å². The van der Waals surface area contributed by atoms with Crippen LogP contribution < -0.4 is 10.2 Å². The largest absolute Gasteiger partial charge is 0.484 e. The number of hydrogen-bond donors (Lipinski definition) is 1. The molecule has 0 bridgehead atoms. The van der Waals surface area contributed by atoms with Gasteiger partial charge in [0.1, 0.15) is 5.75 Å². The number of aromatic nitrogens is 1. The maximum atomic E-state index is 12.0. The molecule has 1 aromatic heterocycles. The van der Waals surface area contributed by atoms with E-state index in [0.29, 0.717) is 37.6 Å². The summed E-state index contributed by atoms with van der Waals surface area (Å²) in [7, 11) is 0. The van der Waals surface area contributed by atoms with E-state index < -0.39 is 0 Å².